The van der Waals surface area contributed by atoms with Crippen LogP contribution in [0.25, 0.3) is 22.4 Å². The van der Waals surface area contributed by atoms with Gasteiger partial charge in [0.1, 0.15) is 10.0 Å². The molecule has 5 rings (SSSR count). The topological polar surface area (TPSA) is 95.2 Å². The van der Waals surface area contributed by atoms with Gasteiger partial charge in [-0.2, -0.15) is 4.31 Å². The highest BCUT2D eigenvalue weighted by Crippen LogP contribution is 2.30. The van der Waals surface area contributed by atoms with Gasteiger partial charge in [0, 0.05) is 24.6 Å². The fourth-order valence-electron chi connectivity index (χ4n) is 4.01. The predicted octanol–water partition coefficient (Wildman–Crippen LogP) is 4.33. The SMILES string of the molecule is O=C(Nc1ccccc1-c1nc2ccccc2[nH]1)C1CCN(S(=O)(=O)c2cccs2)CC1. The van der Waals surface area contributed by atoms with Gasteiger partial charge in [-0.05, 0) is 48.6 Å². The van der Waals surface area contributed by atoms with Crippen molar-refractivity contribution in [2.75, 3.05) is 18.4 Å². The molecule has 0 aliphatic carbocycles. The first kappa shape index (κ1) is 20.9. The van der Waals surface area contributed by atoms with Crippen LogP contribution < -0.4 is 5.32 Å². The van der Waals surface area contributed by atoms with Gasteiger partial charge in [-0.25, -0.2) is 13.4 Å². The third kappa shape index (κ3) is 3.94. The van der Waals surface area contributed by atoms with E-state index in [4.69, 9.17) is 0 Å². The molecule has 1 amide bonds. The van der Waals surface area contributed by atoms with Crippen LogP contribution in [-0.4, -0.2) is 41.7 Å². The minimum absolute atomic E-state index is 0.0956. The second-order valence-corrected chi connectivity index (χ2v) is 10.9. The maximum Gasteiger partial charge on any atom is 0.252 e. The second-order valence-electron chi connectivity index (χ2n) is 7.75. The fourth-order valence-corrected chi connectivity index (χ4v) is 6.62. The summed E-state index contributed by atoms with van der Waals surface area (Å²) >= 11 is 1.22. The Balaban J connectivity index is 1.29. The molecule has 0 atom stereocenters. The van der Waals surface area contributed by atoms with E-state index in [1.54, 1.807) is 17.5 Å². The van der Waals surface area contributed by atoms with Gasteiger partial charge >= 0.3 is 0 Å². The lowest BCUT2D eigenvalue weighted by Crippen LogP contribution is -2.41. The molecule has 7 nitrogen and oxygen atoms in total. The minimum atomic E-state index is -3.47. The Bertz CT molecular complexity index is 1320. The van der Waals surface area contributed by atoms with Gasteiger partial charge < -0.3 is 10.3 Å². The highest BCUT2D eigenvalue weighted by Gasteiger charge is 2.32. The summed E-state index contributed by atoms with van der Waals surface area (Å²) < 4.78 is 27.3. The average Bonchev–Trinajstić information content (AvgIpc) is 3.50. The summed E-state index contributed by atoms with van der Waals surface area (Å²) in [7, 11) is -3.47. The van der Waals surface area contributed by atoms with E-state index in [-0.39, 0.29) is 11.8 Å². The molecular formula is C23H22N4O3S2. The Morgan fingerprint density at radius 2 is 1.78 bits per heavy atom. The normalized spacial score (nSPS) is 15.8. The van der Waals surface area contributed by atoms with Crippen LogP contribution in [0.1, 0.15) is 12.8 Å². The van der Waals surface area contributed by atoms with Crippen LogP contribution >= 0.6 is 11.3 Å². The number of nitrogens with one attached hydrogen (secondary N) is 2. The van der Waals surface area contributed by atoms with Crippen molar-refractivity contribution in [2.24, 2.45) is 5.92 Å². The monoisotopic (exact) mass is 466 g/mol. The van der Waals surface area contributed by atoms with Crippen molar-refractivity contribution in [1.82, 2.24) is 14.3 Å². The number of para-hydroxylation sites is 3. The number of hydrogen-bond acceptors (Lipinski definition) is 5. The van der Waals surface area contributed by atoms with E-state index < -0.39 is 10.0 Å². The standard InChI is InChI=1S/C23H22N4O3S2/c28-23(16-11-13-27(14-12-16)32(29,30)21-10-5-15-31-21)26-18-7-2-1-6-17(18)22-24-19-8-3-4-9-20(19)25-22/h1-10,15-16H,11-14H2,(H,24,25)(H,26,28). The molecule has 2 aromatic carbocycles. The van der Waals surface area contributed by atoms with Gasteiger partial charge in [-0.1, -0.05) is 30.3 Å². The molecule has 1 aliphatic heterocycles. The van der Waals surface area contributed by atoms with Crippen molar-refractivity contribution < 1.29 is 13.2 Å². The van der Waals surface area contributed by atoms with E-state index in [1.807, 2.05) is 48.5 Å². The van der Waals surface area contributed by atoms with Crippen molar-refractivity contribution in [1.29, 1.82) is 0 Å². The van der Waals surface area contributed by atoms with E-state index in [0.29, 0.717) is 41.7 Å². The number of thiophene rings is 1. The highest BCUT2D eigenvalue weighted by atomic mass is 32.2. The third-order valence-electron chi connectivity index (χ3n) is 5.74. The number of H-pyrrole nitrogens is 1. The largest absolute Gasteiger partial charge is 0.338 e. The number of piperidine rings is 1. The Kier molecular flexibility index (Phi) is 5.54. The Morgan fingerprint density at radius 1 is 1.03 bits per heavy atom. The number of aromatic amines is 1. The summed E-state index contributed by atoms with van der Waals surface area (Å²) in [4.78, 5) is 21.0. The number of amides is 1. The van der Waals surface area contributed by atoms with Gasteiger partial charge in [0.05, 0.1) is 16.7 Å². The van der Waals surface area contributed by atoms with Gasteiger partial charge in [-0.3, -0.25) is 4.79 Å². The Hall–Kier alpha value is -3.01. The van der Waals surface area contributed by atoms with Gasteiger partial charge in [0.25, 0.3) is 10.0 Å². The summed E-state index contributed by atoms with van der Waals surface area (Å²) in [6, 6.07) is 18.7. The van der Waals surface area contributed by atoms with E-state index in [2.05, 4.69) is 15.3 Å². The molecule has 2 N–H and O–H groups in total. The number of aromatic nitrogens is 2. The third-order valence-corrected chi connectivity index (χ3v) is 9.02. The first-order valence-electron chi connectivity index (χ1n) is 10.4. The molecule has 1 fully saturated rings. The number of rotatable bonds is 5. The molecule has 0 unspecified atom stereocenters. The maximum atomic E-state index is 13.0. The number of carbonyl (C=O) groups is 1. The number of nitrogens with zero attached hydrogens (tertiary/aromatic N) is 2. The molecular weight excluding hydrogens is 444 g/mol. The average molecular weight is 467 g/mol. The quantitative estimate of drug-likeness (QED) is 0.458. The van der Waals surface area contributed by atoms with Crippen LogP contribution in [0.4, 0.5) is 5.69 Å². The van der Waals surface area contributed by atoms with Crippen LogP contribution in [0.15, 0.2) is 70.3 Å². The lowest BCUT2D eigenvalue weighted by molar-refractivity contribution is -0.120. The molecule has 3 heterocycles. The zero-order chi connectivity index (χ0) is 22.1. The van der Waals surface area contributed by atoms with E-state index in [0.717, 1.165) is 16.6 Å². The summed E-state index contributed by atoms with van der Waals surface area (Å²) in [5, 5.41) is 4.80. The number of fused-ring (bicyclic) bond motifs is 1. The molecule has 32 heavy (non-hydrogen) atoms. The summed E-state index contributed by atoms with van der Waals surface area (Å²) in [6.45, 7) is 0.674. The second kappa shape index (κ2) is 8.50. The molecule has 0 saturated carbocycles. The molecule has 4 aromatic rings. The molecule has 0 radical (unpaired) electrons. The maximum absolute atomic E-state index is 13.0. The number of imidazole rings is 1. The number of anilines is 1. The first-order chi connectivity index (χ1) is 15.5. The number of sulfonamides is 1. The molecule has 1 aliphatic rings. The Labute approximate surface area is 190 Å². The van der Waals surface area contributed by atoms with Crippen molar-refractivity contribution >= 4 is 44.0 Å². The van der Waals surface area contributed by atoms with Crippen molar-refractivity contribution in [3.63, 3.8) is 0 Å². The fraction of sp³-hybridized carbons (Fsp3) is 0.217. The van der Waals surface area contributed by atoms with Crippen LogP contribution in [0.2, 0.25) is 0 Å². The molecule has 164 valence electrons. The molecule has 1 saturated heterocycles. The van der Waals surface area contributed by atoms with Crippen LogP contribution in [0, 0.1) is 5.92 Å². The number of hydrogen-bond donors (Lipinski definition) is 2. The van der Waals surface area contributed by atoms with Gasteiger partial charge in [-0.15, -0.1) is 11.3 Å². The van der Waals surface area contributed by atoms with E-state index in [9.17, 15) is 13.2 Å². The predicted molar refractivity (Wildman–Crippen MR) is 126 cm³/mol. The Morgan fingerprint density at radius 3 is 2.53 bits per heavy atom. The molecule has 2 aromatic heterocycles. The van der Waals surface area contributed by atoms with Gasteiger partial charge in [0.2, 0.25) is 5.91 Å². The summed E-state index contributed by atoms with van der Waals surface area (Å²) in [5.41, 5.74) is 3.30. The molecule has 0 spiro atoms. The summed E-state index contributed by atoms with van der Waals surface area (Å²) in [5.74, 6) is 0.356. The smallest absolute Gasteiger partial charge is 0.252 e. The molecule has 0 bridgehead atoms. The number of carbonyl (C=O) groups excluding carboxylic acids is 1. The van der Waals surface area contributed by atoms with Crippen LogP contribution in [0.5, 0.6) is 0 Å². The molecule has 9 heteroatoms. The lowest BCUT2D eigenvalue weighted by Gasteiger charge is -2.30. The van der Waals surface area contributed by atoms with Crippen molar-refractivity contribution in [3.8, 4) is 11.4 Å². The zero-order valence-electron chi connectivity index (χ0n) is 17.2. The van der Waals surface area contributed by atoms with Gasteiger partial charge in [0.15, 0.2) is 0 Å². The van der Waals surface area contributed by atoms with E-state index in [1.165, 1.54) is 15.6 Å². The minimum Gasteiger partial charge on any atom is -0.338 e. The van der Waals surface area contributed by atoms with Crippen molar-refractivity contribution in [3.05, 3.63) is 66.0 Å². The summed E-state index contributed by atoms with van der Waals surface area (Å²) in [6.07, 6.45) is 0.979. The zero-order valence-corrected chi connectivity index (χ0v) is 18.8. The lowest BCUT2D eigenvalue weighted by atomic mass is 9.97. The number of benzene rings is 2. The highest BCUT2D eigenvalue weighted by molar-refractivity contribution is 7.91. The van der Waals surface area contributed by atoms with E-state index >= 15 is 0 Å². The van der Waals surface area contributed by atoms with Crippen LogP contribution in [-0.2, 0) is 14.8 Å². The van der Waals surface area contributed by atoms with Crippen molar-refractivity contribution in [2.45, 2.75) is 17.1 Å². The van der Waals surface area contributed by atoms with Crippen LogP contribution in [0.3, 0.4) is 0 Å². The first-order valence-corrected chi connectivity index (χ1v) is 12.7.